The molecule has 0 heterocycles. The number of carbonyl (C=O) groups is 1. The van der Waals surface area contributed by atoms with Crippen molar-refractivity contribution in [3.8, 4) is 0 Å². The van der Waals surface area contributed by atoms with Crippen molar-refractivity contribution in [1.82, 2.24) is 0 Å². The van der Waals surface area contributed by atoms with Crippen molar-refractivity contribution in [1.29, 1.82) is 0 Å². The largest absolute Gasteiger partial charge is 1.00 e. The quantitative estimate of drug-likeness (QED) is 0.277. The third-order valence-corrected chi connectivity index (χ3v) is 3.26. The summed E-state index contributed by atoms with van der Waals surface area (Å²) in [7, 11) is -1.10. The van der Waals surface area contributed by atoms with Crippen molar-refractivity contribution in [3.05, 3.63) is 0 Å². The Hall–Kier alpha value is 0.520. The van der Waals surface area contributed by atoms with Crippen molar-refractivity contribution in [3.63, 3.8) is 0 Å². The summed E-state index contributed by atoms with van der Waals surface area (Å²) in [6.07, 6.45) is 6.67. The van der Waals surface area contributed by atoms with E-state index in [1.54, 1.807) is 0 Å². The summed E-state index contributed by atoms with van der Waals surface area (Å²) in [5, 5.41) is 8.89. The van der Waals surface area contributed by atoms with Crippen LogP contribution in [0.5, 0.6) is 0 Å². The molecule has 0 rings (SSSR count). The fourth-order valence-electron chi connectivity index (χ4n) is 0.962. The molecule has 0 fully saturated rings. The van der Waals surface area contributed by atoms with Crippen LogP contribution in [0.15, 0.2) is 0 Å². The van der Waals surface area contributed by atoms with Gasteiger partial charge in [-0.3, -0.25) is 0 Å². The van der Waals surface area contributed by atoms with Gasteiger partial charge in [0.05, 0.1) is 19.8 Å². The third kappa shape index (κ3) is 29.2. The van der Waals surface area contributed by atoms with Gasteiger partial charge in [-0.2, -0.15) is 0 Å². The third-order valence-electron chi connectivity index (χ3n) is 2.08. The van der Waals surface area contributed by atoms with E-state index in [0.29, 0.717) is 0 Å². The predicted octanol–water partition coefficient (Wildman–Crippen LogP) is 3.42. The van der Waals surface area contributed by atoms with Crippen LogP contribution in [-0.4, -0.2) is 25.8 Å². The van der Waals surface area contributed by atoms with Gasteiger partial charge >= 0.3 is 31.0 Å². The van der Waals surface area contributed by atoms with E-state index in [1.807, 2.05) is 0 Å². The molecule has 0 aliphatic rings. The summed E-state index contributed by atoms with van der Waals surface area (Å²) in [5.41, 5.74) is 0. The molecule has 132 valence electrons. The molecule has 0 aromatic carbocycles. The standard InChI is InChI=1S/C12H27O3P.C2H4O2.Ag/c1-4-7-10-13-16(14-11-8-5-2)15-12-9-6-3;1-2(3)4;/h4-12H2,1-3H3;1H3,(H,3,4);/q;;+1/p-1. The van der Waals surface area contributed by atoms with E-state index in [2.05, 4.69) is 20.8 Å². The smallest absolute Gasteiger partial charge is 0.550 e. The molecule has 21 heavy (non-hydrogen) atoms. The van der Waals surface area contributed by atoms with Crippen LogP contribution >= 0.6 is 8.60 Å². The van der Waals surface area contributed by atoms with Crippen LogP contribution in [0.3, 0.4) is 0 Å². The molecule has 0 atom stereocenters. The maximum Gasteiger partial charge on any atom is 1.00 e. The Morgan fingerprint density at radius 2 is 1.10 bits per heavy atom. The van der Waals surface area contributed by atoms with E-state index in [-0.39, 0.29) is 22.4 Å². The average molecular weight is 417 g/mol. The van der Waals surface area contributed by atoms with Crippen LogP contribution in [0, 0.1) is 0 Å². The van der Waals surface area contributed by atoms with E-state index in [1.165, 1.54) is 0 Å². The van der Waals surface area contributed by atoms with Crippen LogP contribution in [0.1, 0.15) is 66.2 Å². The first-order chi connectivity index (χ1) is 9.58. The molecule has 0 saturated carbocycles. The molecule has 0 unspecified atom stereocenters. The van der Waals surface area contributed by atoms with Gasteiger partial charge in [0.25, 0.3) is 0 Å². The van der Waals surface area contributed by atoms with Gasteiger partial charge in [0.15, 0.2) is 0 Å². The van der Waals surface area contributed by atoms with Crippen LogP contribution in [0.2, 0.25) is 0 Å². The van der Waals surface area contributed by atoms with Gasteiger partial charge in [0, 0.05) is 5.97 Å². The summed E-state index contributed by atoms with van der Waals surface area (Å²) < 4.78 is 16.8. The first-order valence-electron chi connectivity index (χ1n) is 7.44. The second-order valence-electron chi connectivity index (χ2n) is 4.28. The summed E-state index contributed by atoms with van der Waals surface area (Å²) in [6.45, 7) is 9.69. The van der Waals surface area contributed by atoms with Crippen molar-refractivity contribution >= 4 is 14.6 Å². The number of aliphatic carboxylic acids is 1. The fraction of sp³-hybridized carbons (Fsp3) is 0.929. The molecule has 0 aliphatic heterocycles. The van der Waals surface area contributed by atoms with Crippen LogP contribution in [0.25, 0.3) is 0 Å². The van der Waals surface area contributed by atoms with Crippen molar-refractivity contribution < 1.29 is 45.9 Å². The van der Waals surface area contributed by atoms with E-state index >= 15 is 0 Å². The number of rotatable bonds is 12. The molecule has 0 radical (unpaired) electrons. The Morgan fingerprint density at radius 3 is 1.29 bits per heavy atom. The van der Waals surface area contributed by atoms with E-state index in [0.717, 1.165) is 65.3 Å². The van der Waals surface area contributed by atoms with Gasteiger partial charge in [0.1, 0.15) is 0 Å². The Bertz CT molecular complexity index is 180. The number of hydrogen-bond acceptors (Lipinski definition) is 5. The molecule has 0 bridgehead atoms. The second kappa shape index (κ2) is 22.8. The Morgan fingerprint density at radius 1 is 0.857 bits per heavy atom. The zero-order valence-corrected chi connectivity index (χ0v) is 16.0. The fourth-order valence-corrected chi connectivity index (χ4v) is 2.02. The molecule has 0 amide bonds. The first-order valence-corrected chi connectivity index (χ1v) is 8.54. The maximum atomic E-state index is 8.89. The number of carboxylic acids is 1. The molecule has 0 aromatic heterocycles. The molecule has 0 spiro atoms. The Balaban J connectivity index is -0.000000572. The molecule has 7 heteroatoms. The first kappa shape index (κ1) is 26.4. The Kier molecular flexibility index (Phi) is 28.7. The summed E-state index contributed by atoms with van der Waals surface area (Å²) in [6, 6.07) is 0. The topological polar surface area (TPSA) is 67.8 Å². The van der Waals surface area contributed by atoms with Gasteiger partial charge in [-0.25, -0.2) is 0 Å². The normalized spacial score (nSPS) is 9.76. The summed E-state index contributed by atoms with van der Waals surface area (Å²) in [5.74, 6) is -1.08. The molecule has 0 saturated heterocycles. The average Bonchev–Trinajstić information content (AvgIpc) is 2.38. The molecule has 0 aromatic rings. The molecule has 5 nitrogen and oxygen atoms in total. The summed E-state index contributed by atoms with van der Waals surface area (Å²) in [4.78, 5) is 8.89. The zero-order valence-electron chi connectivity index (χ0n) is 13.7. The van der Waals surface area contributed by atoms with Crippen molar-refractivity contribution in [2.45, 2.75) is 66.2 Å². The minimum atomic E-state index is -1.10. The monoisotopic (exact) mass is 416 g/mol. The van der Waals surface area contributed by atoms with Crippen molar-refractivity contribution in [2.75, 3.05) is 19.8 Å². The molecule has 0 N–H and O–H groups in total. The number of unbranched alkanes of at least 4 members (excludes halogenated alkanes) is 3. The van der Waals surface area contributed by atoms with Gasteiger partial charge in [0.2, 0.25) is 0 Å². The second-order valence-corrected chi connectivity index (χ2v) is 5.50. The number of carbonyl (C=O) groups excluding carboxylic acids is 1. The van der Waals surface area contributed by atoms with Gasteiger partial charge < -0.3 is 23.5 Å². The van der Waals surface area contributed by atoms with Gasteiger partial charge in [-0.05, 0) is 26.2 Å². The van der Waals surface area contributed by atoms with Crippen LogP contribution < -0.4 is 5.11 Å². The minimum Gasteiger partial charge on any atom is -0.550 e. The molecular weight excluding hydrogens is 387 g/mol. The van der Waals surface area contributed by atoms with E-state index in [4.69, 9.17) is 23.5 Å². The minimum absolute atomic E-state index is 0. The van der Waals surface area contributed by atoms with Crippen LogP contribution in [-0.2, 0) is 40.7 Å². The van der Waals surface area contributed by atoms with E-state index < -0.39 is 14.6 Å². The SMILES string of the molecule is CC(=O)[O-].CCCCOP(OCCCC)OCCCC.[Ag+]. The maximum absolute atomic E-state index is 8.89. The Labute approximate surface area is 146 Å². The molecular formula is C14H30AgO5P. The summed E-state index contributed by atoms with van der Waals surface area (Å²) >= 11 is 0. The van der Waals surface area contributed by atoms with Gasteiger partial charge in [-0.1, -0.05) is 40.0 Å². The van der Waals surface area contributed by atoms with Gasteiger partial charge in [-0.15, -0.1) is 0 Å². The number of carboxylic acid groups (broad SMARTS) is 1. The van der Waals surface area contributed by atoms with E-state index in [9.17, 15) is 0 Å². The predicted molar refractivity (Wildman–Crippen MR) is 80.2 cm³/mol. The zero-order chi connectivity index (χ0) is 15.6. The van der Waals surface area contributed by atoms with Crippen molar-refractivity contribution in [2.24, 2.45) is 0 Å². The molecule has 0 aliphatic carbocycles. The van der Waals surface area contributed by atoms with Crippen LogP contribution in [0.4, 0.5) is 0 Å². The number of hydrogen-bond donors (Lipinski definition) is 0.